The molecule has 0 spiro atoms. The van der Waals surface area contributed by atoms with Crippen molar-refractivity contribution in [2.24, 2.45) is 0 Å². The predicted octanol–water partition coefficient (Wildman–Crippen LogP) is 10.9. The summed E-state index contributed by atoms with van der Waals surface area (Å²) in [6.07, 6.45) is 0. The van der Waals surface area contributed by atoms with Gasteiger partial charge in [0.1, 0.15) is 0 Å². The van der Waals surface area contributed by atoms with Crippen LogP contribution in [0.5, 0.6) is 0 Å². The third kappa shape index (κ3) is 3.05. The Kier molecular flexibility index (Phi) is 4.61. The Morgan fingerprint density at radius 3 is 2.15 bits per heavy atom. The number of hydrogen-bond donors (Lipinski definition) is 0. The van der Waals surface area contributed by atoms with E-state index in [0.717, 1.165) is 0 Å². The molecule has 186 valence electrons. The Morgan fingerprint density at radius 1 is 0.450 bits per heavy atom. The van der Waals surface area contributed by atoms with E-state index in [2.05, 4.69) is 144 Å². The van der Waals surface area contributed by atoms with Crippen LogP contribution in [-0.2, 0) is 0 Å². The van der Waals surface area contributed by atoms with Crippen molar-refractivity contribution in [2.75, 3.05) is 0 Å². The van der Waals surface area contributed by atoms with Crippen molar-refractivity contribution in [3.8, 4) is 27.9 Å². The summed E-state index contributed by atoms with van der Waals surface area (Å²) in [5, 5.41) is 7.76. The fourth-order valence-electron chi connectivity index (χ4n) is 6.62. The molecule has 0 aliphatic carbocycles. The van der Waals surface area contributed by atoms with E-state index in [1.54, 1.807) is 0 Å². The zero-order chi connectivity index (χ0) is 26.2. The van der Waals surface area contributed by atoms with E-state index in [4.69, 9.17) is 0 Å². The monoisotopic (exact) mass is 525 g/mol. The fraction of sp³-hybridized carbons (Fsp3) is 0. The number of nitrogens with zero attached hydrogens (tertiary/aromatic N) is 1. The lowest BCUT2D eigenvalue weighted by atomic mass is 9.94. The highest BCUT2D eigenvalue weighted by Gasteiger charge is 2.21. The predicted molar refractivity (Wildman–Crippen MR) is 171 cm³/mol. The third-order valence-electron chi connectivity index (χ3n) is 8.37. The van der Waals surface area contributed by atoms with Gasteiger partial charge in [-0.15, -0.1) is 0 Å². The average Bonchev–Trinajstić information content (AvgIpc) is 3.36. The van der Waals surface area contributed by atoms with E-state index in [1.807, 2.05) is 11.8 Å². The minimum atomic E-state index is 1.20. The van der Waals surface area contributed by atoms with Crippen LogP contribution >= 0.6 is 11.8 Å². The van der Waals surface area contributed by atoms with E-state index in [9.17, 15) is 0 Å². The van der Waals surface area contributed by atoms with Crippen LogP contribution in [0, 0.1) is 0 Å². The second-order valence-electron chi connectivity index (χ2n) is 10.5. The van der Waals surface area contributed by atoms with Crippen molar-refractivity contribution in [2.45, 2.75) is 9.79 Å². The molecule has 0 unspecified atom stereocenters. The van der Waals surface area contributed by atoms with Crippen LogP contribution in [0.2, 0.25) is 0 Å². The minimum absolute atomic E-state index is 1.20. The quantitative estimate of drug-likeness (QED) is 0.217. The Hall–Kier alpha value is -4.79. The van der Waals surface area contributed by atoms with Crippen LogP contribution in [0.4, 0.5) is 0 Å². The van der Waals surface area contributed by atoms with Gasteiger partial charge in [0, 0.05) is 36.9 Å². The van der Waals surface area contributed by atoms with Crippen molar-refractivity contribution < 1.29 is 0 Å². The molecule has 1 nitrogen and oxygen atoms in total. The van der Waals surface area contributed by atoms with Gasteiger partial charge in [0.05, 0.1) is 16.7 Å². The Morgan fingerprint density at radius 2 is 1.20 bits per heavy atom. The standard InChI is InChI=1S/C38H23NS/c1-2-13-28-24(9-1)19-21-31-29-14-4-6-17-34(29)39(38(28)31)33-16-5-3-12-27(33)26-20-22-35-32(23-26)30-15-7-10-25-11-8-18-36(40-35)37(25)30/h1-23H. The third-order valence-corrected chi connectivity index (χ3v) is 9.51. The number of hydrogen-bond acceptors (Lipinski definition) is 1. The zero-order valence-corrected chi connectivity index (χ0v) is 22.5. The Bertz CT molecular complexity index is 2300. The van der Waals surface area contributed by atoms with Crippen LogP contribution in [0.1, 0.15) is 0 Å². The second-order valence-corrected chi connectivity index (χ2v) is 11.6. The molecule has 7 aromatic carbocycles. The first-order valence-corrected chi connectivity index (χ1v) is 14.5. The lowest BCUT2D eigenvalue weighted by Crippen LogP contribution is -1.98. The van der Waals surface area contributed by atoms with Gasteiger partial charge in [-0.25, -0.2) is 0 Å². The summed E-state index contributed by atoms with van der Waals surface area (Å²) in [7, 11) is 0. The van der Waals surface area contributed by atoms with Crippen molar-refractivity contribution >= 4 is 55.1 Å². The summed E-state index contributed by atoms with van der Waals surface area (Å²) >= 11 is 1.88. The molecule has 9 rings (SSSR count). The summed E-state index contributed by atoms with van der Waals surface area (Å²) in [5.74, 6) is 0. The van der Waals surface area contributed by atoms with Gasteiger partial charge in [-0.3, -0.25) is 0 Å². The molecule has 8 aromatic rings. The molecule has 1 aromatic heterocycles. The van der Waals surface area contributed by atoms with Gasteiger partial charge in [0.2, 0.25) is 0 Å². The molecule has 2 heteroatoms. The molecule has 1 aliphatic heterocycles. The van der Waals surface area contributed by atoms with Gasteiger partial charge in [0.25, 0.3) is 0 Å². The van der Waals surface area contributed by atoms with Crippen molar-refractivity contribution in [3.63, 3.8) is 0 Å². The minimum Gasteiger partial charge on any atom is -0.308 e. The topological polar surface area (TPSA) is 4.93 Å². The summed E-state index contributed by atoms with van der Waals surface area (Å²) in [4.78, 5) is 2.65. The molecule has 0 bridgehead atoms. The summed E-state index contributed by atoms with van der Waals surface area (Å²) < 4.78 is 2.48. The molecule has 40 heavy (non-hydrogen) atoms. The average molecular weight is 526 g/mol. The zero-order valence-electron chi connectivity index (χ0n) is 21.6. The largest absolute Gasteiger partial charge is 0.308 e. The molecular weight excluding hydrogens is 502 g/mol. The van der Waals surface area contributed by atoms with Crippen LogP contribution < -0.4 is 0 Å². The molecule has 1 aliphatic rings. The van der Waals surface area contributed by atoms with Crippen molar-refractivity contribution in [3.05, 3.63) is 140 Å². The van der Waals surface area contributed by atoms with Gasteiger partial charge in [-0.05, 0) is 57.8 Å². The van der Waals surface area contributed by atoms with Gasteiger partial charge < -0.3 is 4.57 Å². The number of benzene rings is 7. The molecular formula is C38H23NS. The smallest absolute Gasteiger partial charge is 0.0619 e. The summed E-state index contributed by atoms with van der Waals surface area (Å²) in [6.45, 7) is 0. The molecule has 0 radical (unpaired) electrons. The van der Waals surface area contributed by atoms with E-state index in [1.165, 1.54) is 81.1 Å². The van der Waals surface area contributed by atoms with E-state index < -0.39 is 0 Å². The van der Waals surface area contributed by atoms with Crippen molar-refractivity contribution in [1.29, 1.82) is 0 Å². The van der Waals surface area contributed by atoms with Crippen LogP contribution in [-0.4, -0.2) is 4.57 Å². The van der Waals surface area contributed by atoms with Crippen LogP contribution in [0.3, 0.4) is 0 Å². The highest BCUT2D eigenvalue weighted by Crippen LogP contribution is 2.49. The summed E-state index contributed by atoms with van der Waals surface area (Å²) in [5.41, 5.74) is 8.80. The van der Waals surface area contributed by atoms with Gasteiger partial charge in [-0.2, -0.15) is 0 Å². The van der Waals surface area contributed by atoms with Gasteiger partial charge >= 0.3 is 0 Å². The van der Waals surface area contributed by atoms with E-state index in [0.29, 0.717) is 0 Å². The maximum Gasteiger partial charge on any atom is 0.0619 e. The highest BCUT2D eigenvalue weighted by atomic mass is 32.2. The second kappa shape index (κ2) is 8.35. The Balaban J connectivity index is 1.34. The van der Waals surface area contributed by atoms with Gasteiger partial charge in [0.15, 0.2) is 0 Å². The van der Waals surface area contributed by atoms with Gasteiger partial charge in [-0.1, -0.05) is 121 Å². The SMILES string of the molecule is c1ccc(-n2c3ccccc3c3ccc4ccccc4c32)c(-c2ccc3c(c2)-c2cccc4cccc(c24)S3)c1. The molecule has 0 atom stereocenters. The maximum atomic E-state index is 2.48. The Labute approximate surface area is 236 Å². The first-order valence-electron chi connectivity index (χ1n) is 13.7. The van der Waals surface area contributed by atoms with E-state index in [-0.39, 0.29) is 0 Å². The molecule has 0 saturated carbocycles. The fourth-order valence-corrected chi connectivity index (χ4v) is 7.75. The first kappa shape index (κ1) is 22.1. The molecule has 0 amide bonds. The lowest BCUT2D eigenvalue weighted by molar-refractivity contribution is 1.19. The number of aromatic nitrogens is 1. The van der Waals surface area contributed by atoms with Crippen molar-refractivity contribution in [1.82, 2.24) is 4.57 Å². The lowest BCUT2D eigenvalue weighted by Gasteiger charge is -2.22. The summed E-state index contributed by atoms with van der Waals surface area (Å²) in [6, 6.07) is 51.3. The normalized spacial score (nSPS) is 12.4. The highest BCUT2D eigenvalue weighted by molar-refractivity contribution is 7.99. The van der Waals surface area contributed by atoms with Crippen LogP contribution in [0.25, 0.3) is 71.3 Å². The van der Waals surface area contributed by atoms with E-state index >= 15 is 0 Å². The number of fused-ring (bicyclic) bond motifs is 7. The van der Waals surface area contributed by atoms with Crippen LogP contribution in [0.15, 0.2) is 149 Å². The number of rotatable bonds is 2. The maximum absolute atomic E-state index is 2.48. The first-order chi connectivity index (χ1) is 19.8. The molecule has 2 heterocycles. The molecule has 0 fully saturated rings. The molecule has 0 saturated heterocycles. The molecule has 0 N–H and O–H groups in total. The number of para-hydroxylation sites is 2.